The molecule has 0 aromatic carbocycles. The molecule has 1 saturated carbocycles. The van der Waals surface area contributed by atoms with Gasteiger partial charge in [-0.2, -0.15) is 0 Å². The Hall–Kier alpha value is 0.0700. The van der Waals surface area contributed by atoms with Gasteiger partial charge in [0.1, 0.15) is 15.2 Å². The maximum Gasteiger partial charge on any atom is 0.126 e. The number of aliphatic hydroxyl groups is 1. The van der Waals surface area contributed by atoms with Crippen LogP contribution in [0.4, 0.5) is 0 Å². The summed E-state index contributed by atoms with van der Waals surface area (Å²) in [5.74, 6) is 1.41. The van der Waals surface area contributed by atoms with Crippen LogP contribution in [0.3, 0.4) is 0 Å². The lowest BCUT2D eigenvalue weighted by molar-refractivity contribution is -0.0867. The van der Waals surface area contributed by atoms with Crippen LogP contribution in [-0.4, -0.2) is 10.1 Å². The Morgan fingerprint density at radius 3 is 2.76 bits per heavy atom. The van der Waals surface area contributed by atoms with Gasteiger partial charge < -0.3 is 5.11 Å². The van der Waals surface area contributed by atoms with Crippen LogP contribution in [0.1, 0.15) is 45.0 Å². The van der Waals surface area contributed by atoms with Gasteiger partial charge >= 0.3 is 0 Å². The van der Waals surface area contributed by atoms with Gasteiger partial charge in [-0.25, -0.2) is 4.98 Å². The normalized spacial score (nSPS) is 34.2. The molecule has 17 heavy (non-hydrogen) atoms. The highest BCUT2D eigenvalue weighted by atomic mass is 79.9. The topological polar surface area (TPSA) is 33.1 Å². The van der Waals surface area contributed by atoms with Crippen molar-refractivity contribution in [2.45, 2.75) is 45.6 Å². The average Bonchev–Trinajstić information content (AvgIpc) is 2.64. The van der Waals surface area contributed by atoms with Gasteiger partial charge in [-0.3, -0.25) is 0 Å². The quantitative estimate of drug-likeness (QED) is 0.887. The molecule has 2 nitrogen and oxygen atoms in total. The smallest absolute Gasteiger partial charge is 0.126 e. The van der Waals surface area contributed by atoms with Crippen molar-refractivity contribution in [2.75, 3.05) is 0 Å². The highest BCUT2D eigenvalue weighted by molar-refractivity contribution is 9.10. The molecule has 1 N–H and O–H groups in total. The van der Waals surface area contributed by atoms with E-state index in [1.165, 1.54) is 6.42 Å². The average molecular weight is 318 g/mol. The third-order valence-electron chi connectivity index (χ3n) is 3.89. The van der Waals surface area contributed by atoms with E-state index in [-0.39, 0.29) is 0 Å². The molecular formula is C13H20BrNOS. The van der Waals surface area contributed by atoms with Crippen molar-refractivity contribution >= 4 is 27.3 Å². The molecular weight excluding hydrogens is 298 g/mol. The minimum Gasteiger partial charge on any atom is -0.382 e. The van der Waals surface area contributed by atoms with E-state index in [9.17, 15) is 5.11 Å². The highest BCUT2D eigenvalue weighted by Gasteiger charge is 2.45. The summed E-state index contributed by atoms with van der Waals surface area (Å²) in [5.41, 5.74) is -0.720. The van der Waals surface area contributed by atoms with Crippen LogP contribution in [0.2, 0.25) is 0 Å². The van der Waals surface area contributed by atoms with E-state index in [0.29, 0.717) is 17.8 Å². The molecule has 1 aliphatic rings. The summed E-state index contributed by atoms with van der Waals surface area (Å²) in [6.45, 7) is 6.63. The fourth-order valence-electron chi connectivity index (χ4n) is 3.07. The predicted octanol–water partition coefficient (Wildman–Crippen LogP) is 4.19. The maximum absolute atomic E-state index is 11.1. The molecule has 0 bridgehead atoms. The van der Waals surface area contributed by atoms with Gasteiger partial charge in [0.25, 0.3) is 0 Å². The van der Waals surface area contributed by atoms with E-state index in [1.54, 1.807) is 11.3 Å². The third kappa shape index (κ3) is 2.59. The molecule has 1 aromatic rings. The van der Waals surface area contributed by atoms with Crippen LogP contribution in [0, 0.1) is 17.8 Å². The largest absolute Gasteiger partial charge is 0.382 e. The van der Waals surface area contributed by atoms with Crippen LogP contribution in [0.25, 0.3) is 0 Å². The zero-order chi connectivity index (χ0) is 12.6. The monoisotopic (exact) mass is 317 g/mol. The molecule has 96 valence electrons. The Bertz CT molecular complexity index is 393. The first-order valence-electron chi connectivity index (χ1n) is 6.27. The SMILES string of the molecule is CC1CCC(C(C)C)C(O)(c2nc(Br)cs2)C1. The van der Waals surface area contributed by atoms with Gasteiger partial charge in [0.2, 0.25) is 0 Å². The van der Waals surface area contributed by atoms with E-state index in [4.69, 9.17) is 0 Å². The van der Waals surface area contributed by atoms with E-state index < -0.39 is 5.60 Å². The maximum atomic E-state index is 11.1. The van der Waals surface area contributed by atoms with Crippen LogP contribution >= 0.6 is 27.3 Å². The fraction of sp³-hybridized carbons (Fsp3) is 0.769. The van der Waals surface area contributed by atoms with Gasteiger partial charge in [0.05, 0.1) is 0 Å². The standard InChI is InChI=1S/C13H20BrNOS/c1-8(2)10-5-4-9(3)6-13(10,16)12-15-11(14)7-17-12/h7-10,16H,4-6H2,1-3H3. The van der Waals surface area contributed by atoms with Crippen molar-refractivity contribution in [2.24, 2.45) is 17.8 Å². The minimum atomic E-state index is -0.720. The Kier molecular flexibility index (Phi) is 3.96. The third-order valence-corrected chi connectivity index (χ3v) is 5.61. The molecule has 1 fully saturated rings. The molecule has 1 aliphatic carbocycles. The van der Waals surface area contributed by atoms with Crippen molar-refractivity contribution in [1.82, 2.24) is 4.98 Å². The van der Waals surface area contributed by atoms with E-state index in [1.807, 2.05) is 5.38 Å². The second-order valence-corrected chi connectivity index (χ2v) is 7.31. The summed E-state index contributed by atoms with van der Waals surface area (Å²) < 4.78 is 0.839. The Morgan fingerprint density at radius 1 is 1.53 bits per heavy atom. The molecule has 3 unspecified atom stereocenters. The number of aromatic nitrogens is 1. The molecule has 0 amide bonds. The molecule has 2 rings (SSSR count). The Balaban J connectivity index is 2.35. The Morgan fingerprint density at radius 2 is 2.24 bits per heavy atom. The molecule has 4 heteroatoms. The molecule has 1 heterocycles. The fourth-order valence-corrected chi connectivity index (χ4v) is 4.50. The first kappa shape index (κ1) is 13.5. The number of rotatable bonds is 2. The van der Waals surface area contributed by atoms with Gasteiger partial charge in [-0.05, 0) is 46.5 Å². The molecule has 0 radical (unpaired) electrons. The van der Waals surface area contributed by atoms with Crippen molar-refractivity contribution in [3.05, 3.63) is 15.0 Å². The van der Waals surface area contributed by atoms with Gasteiger partial charge in [0.15, 0.2) is 0 Å². The van der Waals surface area contributed by atoms with Crippen molar-refractivity contribution in [3.63, 3.8) is 0 Å². The number of hydrogen-bond acceptors (Lipinski definition) is 3. The van der Waals surface area contributed by atoms with E-state index in [2.05, 4.69) is 41.7 Å². The summed E-state index contributed by atoms with van der Waals surface area (Å²) in [6.07, 6.45) is 3.17. The lowest BCUT2D eigenvalue weighted by Crippen LogP contribution is -2.43. The van der Waals surface area contributed by atoms with Gasteiger partial charge in [0, 0.05) is 5.38 Å². The Labute approximate surface area is 116 Å². The summed E-state index contributed by atoms with van der Waals surface area (Å²) in [7, 11) is 0. The number of thiazole rings is 1. The van der Waals surface area contributed by atoms with Gasteiger partial charge in [-0.15, -0.1) is 11.3 Å². The van der Waals surface area contributed by atoms with Crippen LogP contribution in [-0.2, 0) is 5.60 Å². The summed E-state index contributed by atoms with van der Waals surface area (Å²) in [6, 6.07) is 0. The molecule has 0 aliphatic heterocycles. The van der Waals surface area contributed by atoms with Crippen LogP contribution in [0.15, 0.2) is 9.98 Å². The molecule has 0 saturated heterocycles. The van der Waals surface area contributed by atoms with Crippen molar-refractivity contribution in [3.8, 4) is 0 Å². The molecule has 3 atom stereocenters. The van der Waals surface area contributed by atoms with E-state index >= 15 is 0 Å². The van der Waals surface area contributed by atoms with Crippen LogP contribution in [0.5, 0.6) is 0 Å². The molecule has 1 aromatic heterocycles. The predicted molar refractivity (Wildman–Crippen MR) is 75.1 cm³/mol. The zero-order valence-electron chi connectivity index (χ0n) is 10.6. The second kappa shape index (κ2) is 4.98. The summed E-state index contributed by atoms with van der Waals surface area (Å²) in [4.78, 5) is 4.46. The number of halogens is 1. The number of nitrogens with zero attached hydrogens (tertiary/aromatic N) is 1. The summed E-state index contributed by atoms with van der Waals surface area (Å²) >= 11 is 4.95. The lowest BCUT2D eigenvalue weighted by atomic mass is 9.67. The van der Waals surface area contributed by atoms with Crippen molar-refractivity contribution in [1.29, 1.82) is 0 Å². The highest BCUT2D eigenvalue weighted by Crippen LogP contribution is 2.48. The summed E-state index contributed by atoms with van der Waals surface area (Å²) in [5, 5.41) is 13.9. The first-order chi connectivity index (χ1) is 7.93. The zero-order valence-corrected chi connectivity index (χ0v) is 13.0. The van der Waals surface area contributed by atoms with E-state index in [0.717, 1.165) is 22.5 Å². The molecule has 0 spiro atoms. The van der Waals surface area contributed by atoms with Gasteiger partial charge in [-0.1, -0.05) is 27.2 Å². The number of hydrogen-bond donors (Lipinski definition) is 1. The lowest BCUT2D eigenvalue weighted by Gasteiger charge is -2.43. The second-order valence-electron chi connectivity index (χ2n) is 5.64. The first-order valence-corrected chi connectivity index (χ1v) is 7.94. The van der Waals surface area contributed by atoms with Crippen LogP contribution < -0.4 is 0 Å². The van der Waals surface area contributed by atoms with Crippen molar-refractivity contribution < 1.29 is 5.11 Å². The minimum absolute atomic E-state index is 0.330.